The van der Waals surface area contributed by atoms with E-state index in [2.05, 4.69) is 0 Å². The van der Waals surface area contributed by atoms with Crippen molar-refractivity contribution in [2.45, 2.75) is 44.4 Å². The molecule has 1 aliphatic heterocycles. The van der Waals surface area contributed by atoms with Crippen LogP contribution in [0.2, 0.25) is 0 Å². The molecule has 1 aliphatic carbocycles. The van der Waals surface area contributed by atoms with Gasteiger partial charge in [0.2, 0.25) is 0 Å². The van der Waals surface area contributed by atoms with Crippen molar-refractivity contribution >= 4 is 5.97 Å². The van der Waals surface area contributed by atoms with Gasteiger partial charge in [-0.3, -0.25) is 4.79 Å². The van der Waals surface area contributed by atoms with E-state index in [4.69, 9.17) is 14.6 Å². The van der Waals surface area contributed by atoms with Gasteiger partial charge in [-0.25, -0.2) is 0 Å². The lowest BCUT2D eigenvalue weighted by molar-refractivity contribution is -0.138. The standard InChI is InChI=1S/C21H19F3O4/c1-11-7-15-12(8-20(25)26)10-27-19(15)9-18(11)28-17-6-5-13-14(17)3-2-4-16(13)21(22,23)24/h2-4,7,9,12,17H,5-6,8,10H2,1H3,(H,25,26). The molecule has 2 unspecified atom stereocenters. The molecule has 148 valence electrons. The maximum atomic E-state index is 13.2. The summed E-state index contributed by atoms with van der Waals surface area (Å²) in [4.78, 5) is 11.0. The van der Waals surface area contributed by atoms with E-state index in [1.807, 2.05) is 13.0 Å². The number of alkyl halides is 3. The molecule has 1 N–H and O–H groups in total. The zero-order valence-electron chi connectivity index (χ0n) is 15.2. The maximum absolute atomic E-state index is 13.2. The Labute approximate surface area is 159 Å². The third-order valence-electron chi connectivity index (χ3n) is 5.40. The number of carboxylic acids is 1. The van der Waals surface area contributed by atoms with Gasteiger partial charge in [-0.05, 0) is 48.6 Å². The second-order valence-electron chi connectivity index (χ2n) is 7.28. The second kappa shape index (κ2) is 6.72. The fourth-order valence-electron chi connectivity index (χ4n) is 4.08. The number of hydrogen-bond acceptors (Lipinski definition) is 3. The first-order valence-corrected chi connectivity index (χ1v) is 9.09. The molecule has 0 fully saturated rings. The van der Waals surface area contributed by atoms with Crippen LogP contribution >= 0.6 is 0 Å². The smallest absolute Gasteiger partial charge is 0.416 e. The van der Waals surface area contributed by atoms with Crippen molar-refractivity contribution in [3.8, 4) is 11.5 Å². The van der Waals surface area contributed by atoms with Gasteiger partial charge in [-0.15, -0.1) is 0 Å². The number of ether oxygens (including phenoxy) is 2. The van der Waals surface area contributed by atoms with E-state index in [0.29, 0.717) is 42.1 Å². The van der Waals surface area contributed by atoms with Gasteiger partial charge >= 0.3 is 12.1 Å². The summed E-state index contributed by atoms with van der Waals surface area (Å²) in [6.07, 6.45) is -4.05. The van der Waals surface area contributed by atoms with Gasteiger partial charge in [-0.1, -0.05) is 12.1 Å². The lowest BCUT2D eigenvalue weighted by Crippen LogP contribution is -2.10. The molecule has 2 atom stereocenters. The number of fused-ring (bicyclic) bond motifs is 2. The Morgan fingerprint density at radius 2 is 2.07 bits per heavy atom. The highest BCUT2D eigenvalue weighted by atomic mass is 19.4. The molecule has 0 bridgehead atoms. The van der Waals surface area contributed by atoms with Gasteiger partial charge in [-0.2, -0.15) is 13.2 Å². The zero-order chi connectivity index (χ0) is 20.1. The lowest BCUT2D eigenvalue weighted by atomic mass is 9.96. The van der Waals surface area contributed by atoms with E-state index in [1.165, 1.54) is 6.07 Å². The Hall–Kier alpha value is -2.70. The number of rotatable bonds is 4. The number of benzene rings is 2. The first kappa shape index (κ1) is 18.7. The molecule has 4 nitrogen and oxygen atoms in total. The van der Waals surface area contributed by atoms with E-state index in [9.17, 15) is 18.0 Å². The molecule has 0 spiro atoms. The SMILES string of the molecule is Cc1cc2c(cc1OC1CCc3c1cccc3C(F)(F)F)OCC2CC(=O)O. The van der Waals surface area contributed by atoms with E-state index >= 15 is 0 Å². The molecule has 7 heteroatoms. The van der Waals surface area contributed by atoms with Gasteiger partial charge in [0, 0.05) is 17.5 Å². The van der Waals surface area contributed by atoms with Crippen molar-refractivity contribution in [2.75, 3.05) is 6.61 Å². The Morgan fingerprint density at radius 3 is 2.79 bits per heavy atom. The van der Waals surface area contributed by atoms with Crippen molar-refractivity contribution in [3.63, 3.8) is 0 Å². The third kappa shape index (κ3) is 3.30. The summed E-state index contributed by atoms with van der Waals surface area (Å²) in [7, 11) is 0. The average molecular weight is 392 g/mol. The highest BCUT2D eigenvalue weighted by Gasteiger charge is 2.38. The van der Waals surface area contributed by atoms with E-state index in [-0.39, 0.29) is 12.3 Å². The normalized spacial score (nSPS) is 20.4. The highest BCUT2D eigenvalue weighted by molar-refractivity contribution is 5.69. The van der Waals surface area contributed by atoms with Crippen molar-refractivity contribution in [3.05, 3.63) is 58.1 Å². The number of halogens is 3. The number of aliphatic carboxylic acids is 1. The minimum Gasteiger partial charge on any atom is -0.492 e. The predicted octanol–water partition coefficient (Wildman–Crippen LogP) is 5.03. The first-order valence-electron chi connectivity index (χ1n) is 9.09. The van der Waals surface area contributed by atoms with Crippen LogP contribution in [0, 0.1) is 6.92 Å². The summed E-state index contributed by atoms with van der Waals surface area (Å²) in [5.74, 6) is 0.0309. The lowest BCUT2D eigenvalue weighted by Gasteiger charge is -2.19. The molecular weight excluding hydrogens is 373 g/mol. The predicted molar refractivity (Wildman–Crippen MR) is 94.8 cm³/mol. The molecule has 28 heavy (non-hydrogen) atoms. The van der Waals surface area contributed by atoms with Crippen LogP contribution in [-0.4, -0.2) is 17.7 Å². The third-order valence-corrected chi connectivity index (χ3v) is 5.40. The van der Waals surface area contributed by atoms with Crippen LogP contribution in [0.15, 0.2) is 30.3 Å². The summed E-state index contributed by atoms with van der Waals surface area (Å²) in [6, 6.07) is 7.78. The summed E-state index contributed by atoms with van der Waals surface area (Å²) in [5, 5.41) is 9.03. The molecule has 2 aromatic rings. The van der Waals surface area contributed by atoms with Gasteiger partial charge in [0.25, 0.3) is 0 Å². The molecule has 0 amide bonds. The van der Waals surface area contributed by atoms with E-state index in [0.717, 1.165) is 17.2 Å². The Kier molecular flexibility index (Phi) is 4.48. The van der Waals surface area contributed by atoms with Gasteiger partial charge in [0.05, 0.1) is 18.6 Å². The Bertz CT molecular complexity index is 936. The van der Waals surface area contributed by atoms with Crippen LogP contribution in [0.1, 0.15) is 52.7 Å². The molecule has 0 radical (unpaired) electrons. The fraction of sp³-hybridized carbons (Fsp3) is 0.381. The summed E-state index contributed by atoms with van der Waals surface area (Å²) < 4.78 is 51.4. The number of aryl methyl sites for hydroxylation is 1. The zero-order valence-corrected chi connectivity index (χ0v) is 15.2. The summed E-state index contributed by atoms with van der Waals surface area (Å²) in [6.45, 7) is 2.14. The molecule has 1 heterocycles. The molecule has 2 aliphatic rings. The summed E-state index contributed by atoms with van der Waals surface area (Å²) >= 11 is 0. The molecule has 0 aromatic heterocycles. The average Bonchev–Trinajstić information content (AvgIpc) is 3.18. The van der Waals surface area contributed by atoms with Crippen LogP contribution in [0.25, 0.3) is 0 Å². The van der Waals surface area contributed by atoms with Crippen LogP contribution in [-0.2, 0) is 17.4 Å². The number of carbonyl (C=O) groups is 1. The summed E-state index contributed by atoms with van der Waals surface area (Å²) in [5.41, 5.74) is 1.91. The van der Waals surface area contributed by atoms with Crippen molar-refractivity contribution < 1.29 is 32.5 Å². The van der Waals surface area contributed by atoms with Crippen LogP contribution in [0.5, 0.6) is 11.5 Å². The quantitative estimate of drug-likeness (QED) is 0.793. The van der Waals surface area contributed by atoms with Gasteiger partial charge < -0.3 is 14.6 Å². The molecule has 0 saturated carbocycles. The van der Waals surface area contributed by atoms with E-state index < -0.39 is 23.8 Å². The maximum Gasteiger partial charge on any atom is 0.416 e. The Morgan fingerprint density at radius 1 is 1.29 bits per heavy atom. The van der Waals surface area contributed by atoms with Crippen LogP contribution < -0.4 is 9.47 Å². The minimum absolute atomic E-state index is 0.0110. The van der Waals surface area contributed by atoms with Gasteiger partial charge in [0.15, 0.2) is 0 Å². The molecule has 2 aromatic carbocycles. The first-order chi connectivity index (χ1) is 13.2. The molecular formula is C21H19F3O4. The largest absolute Gasteiger partial charge is 0.492 e. The molecule has 0 saturated heterocycles. The molecule has 4 rings (SSSR count). The van der Waals surface area contributed by atoms with E-state index in [1.54, 1.807) is 12.1 Å². The van der Waals surface area contributed by atoms with Crippen LogP contribution in [0.3, 0.4) is 0 Å². The van der Waals surface area contributed by atoms with Crippen molar-refractivity contribution in [2.24, 2.45) is 0 Å². The highest BCUT2D eigenvalue weighted by Crippen LogP contribution is 2.45. The van der Waals surface area contributed by atoms with Gasteiger partial charge in [0.1, 0.15) is 17.6 Å². The monoisotopic (exact) mass is 392 g/mol. The number of hydrogen-bond donors (Lipinski definition) is 1. The minimum atomic E-state index is -4.38. The van der Waals surface area contributed by atoms with Crippen molar-refractivity contribution in [1.82, 2.24) is 0 Å². The van der Waals surface area contributed by atoms with Crippen LogP contribution in [0.4, 0.5) is 13.2 Å². The second-order valence-corrected chi connectivity index (χ2v) is 7.28. The topological polar surface area (TPSA) is 55.8 Å². The Balaban J connectivity index is 1.60. The van der Waals surface area contributed by atoms with Crippen molar-refractivity contribution in [1.29, 1.82) is 0 Å². The fourth-order valence-corrected chi connectivity index (χ4v) is 4.08. The number of carboxylic acid groups (broad SMARTS) is 1.